The Balaban J connectivity index is 1.93. The van der Waals surface area contributed by atoms with Crippen LogP contribution in [0, 0.1) is 0 Å². The van der Waals surface area contributed by atoms with Crippen molar-refractivity contribution in [3.05, 3.63) is 80.2 Å². The highest BCUT2D eigenvalue weighted by molar-refractivity contribution is 7.08. The first-order chi connectivity index (χ1) is 9.86. The summed E-state index contributed by atoms with van der Waals surface area (Å²) in [7, 11) is 0. The van der Waals surface area contributed by atoms with Gasteiger partial charge in [-0.15, -0.1) is 0 Å². The Morgan fingerprint density at radius 2 is 1.45 bits per heavy atom. The largest absolute Gasteiger partial charge is 0.293 e. The van der Waals surface area contributed by atoms with E-state index in [1.165, 1.54) is 11.1 Å². The fraction of sp³-hybridized carbons (Fsp3) is 0.118. The fourth-order valence-corrected chi connectivity index (χ4v) is 4.50. The zero-order valence-corrected chi connectivity index (χ0v) is 12.3. The molecule has 3 heteroatoms. The number of ketones is 1. The van der Waals surface area contributed by atoms with Crippen molar-refractivity contribution in [2.75, 3.05) is 0 Å². The van der Waals surface area contributed by atoms with Crippen LogP contribution >= 0.6 is 22.7 Å². The first kappa shape index (κ1) is 12.1. The molecule has 4 rings (SSSR count). The summed E-state index contributed by atoms with van der Waals surface area (Å²) in [5.41, 5.74) is 4.46. The first-order valence-corrected chi connectivity index (χ1v) is 8.42. The summed E-state index contributed by atoms with van der Waals surface area (Å²) in [4.78, 5) is 12.8. The molecule has 0 aliphatic heterocycles. The number of rotatable bonds is 2. The maximum absolute atomic E-state index is 12.8. The Kier molecular flexibility index (Phi) is 2.83. The van der Waals surface area contributed by atoms with Gasteiger partial charge in [0.1, 0.15) is 0 Å². The summed E-state index contributed by atoms with van der Waals surface area (Å²) in [6.07, 6.45) is 0. The highest BCUT2D eigenvalue weighted by Crippen LogP contribution is 2.48. The van der Waals surface area contributed by atoms with Crippen LogP contribution in [0.3, 0.4) is 0 Å². The van der Waals surface area contributed by atoms with Crippen LogP contribution in [0.4, 0.5) is 0 Å². The van der Waals surface area contributed by atoms with Gasteiger partial charge in [-0.25, -0.2) is 0 Å². The molecule has 0 radical (unpaired) electrons. The monoisotopic (exact) mass is 296 g/mol. The molecule has 0 N–H and O–H groups in total. The van der Waals surface area contributed by atoms with E-state index in [0.29, 0.717) is 0 Å². The van der Waals surface area contributed by atoms with Gasteiger partial charge in [0.15, 0.2) is 5.78 Å². The average molecular weight is 296 g/mol. The van der Waals surface area contributed by atoms with Crippen LogP contribution in [0.2, 0.25) is 0 Å². The van der Waals surface area contributed by atoms with Crippen LogP contribution in [0.15, 0.2) is 57.9 Å². The van der Waals surface area contributed by atoms with Crippen LogP contribution in [-0.2, 0) is 0 Å². The van der Waals surface area contributed by atoms with E-state index in [0.717, 1.165) is 11.1 Å². The quantitative estimate of drug-likeness (QED) is 0.656. The van der Waals surface area contributed by atoms with Crippen LogP contribution in [0.5, 0.6) is 0 Å². The summed E-state index contributed by atoms with van der Waals surface area (Å²) in [6, 6.07) is 12.3. The molecular formula is C17H12OS2. The van der Waals surface area contributed by atoms with E-state index in [4.69, 9.17) is 0 Å². The molecule has 0 spiro atoms. The molecule has 1 aliphatic rings. The standard InChI is InChI=1S/C17H12OS2/c18-17-14-4-2-1-3-13(14)15(11-5-7-19-9-11)16(17)12-6-8-20-10-12/h1-10,15-16H/t15-,16+/m1/s1. The number of thiophene rings is 2. The second-order valence-electron chi connectivity index (χ2n) is 5.02. The van der Waals surface area contributed by atoms with E-state index in [-0.39, 0.29) is 17.6 Å². The van der Waals surface area contributed by atoms with Crippen molar-refractivity contribution in [2.24, 2.45) is 0 Å². The van der Waals surface area contributed by atoms with Gasteiger partial charge in [0.25, 0.3) is 0 Å². The number of Topliss-reactive ketones (excluding diaryl/α,β-unsaturated/α-hetero) is 1. The van der Waals surface area contributed by atoms with Crippen LogP contribution < -0.4 is 0 Å². The minimum Gasteiger partial charge on any atom is -0.293 e. The summed E-state index contributed by atoms with van der Waals surface area (Å²) < 4.78 is 0. The third-order valence-corrected chi connectivity index (χ3v) is 5.38. The molecule has 1 nitrogen and oxygen atoms in total. The van der Waals surface area contributed by atoms with E-state index in [1.54, 1.807) is 22.7 Å². The van der Waals surface area contributed by atoms with E-state index in [1.807, 2.05) is 18.2 Å². The summed E-state index contributed by atoms with van der Waals surface area (Å²) in [5.74, 6) is 0.364. The van der Waals surface area contributed by atoms with Gasteiger partial charge in [-0.3, -0.25) is 4.79 Å². The highest BCUT2D eigenvalue weighted by atomic mass is 32.1. The smallest absolute Gasteiger partial charge is 0.171 e. The Bertz CT molecular complexity index is 741. The predicted octanol–water partition coefficient (Wildman–Crippen LogP) is 4.92. The molecule has 0 saturated carbocycles. The van der Waals surface area contributed by atoms with Crippen molar-refractivity contribution >= 4 is 28.5 Å². The molecule has 2 heterocycles. The lowest BCUT2D eigenvalue weighted by Crippen LogP contribution is -2.11. The molecule has 0 fully saturated rings. The van der Waals surface area contributed by atoms with Gasteiger partial charge in [0, 0.05) is 11.5 Å². The van der Waals surface area contributed by atoms with Gasteiger partial charge in [0.05, 0.1) is 5.92 Å². The number of carbonyl (C=O) groups is 1. The third kappa shape index (κ3) is 1.70. The number of hydrogen-bond donors (Lipinski definition) is 0. The van der Waals surface area contributed by atoms with Gasteiger partial charge in [-0.05, 0) is 50.3 Å². The minimum absolute atomic E-state index is 0.0618. The van der Waals surface area contributed by atoms with Gasteiger partial charge in [0.2, 0.25) is 0 Å². The number of carbonyl (C=O) groups excluding carboxylic acids is 1. The van der Waals surface area contributed by atoms with E-state index in [9.17, 15) is 4.79 Å². The van der Waals surface area contributed by atoms with Crippen molar-refractivity contribution in [3.8, 4) is 0 Å². The Morgan fingerprint density at radius 1 is 0.800 bits per heavy atom. The summed E-state index contributed by atoms with van der Waals surface area (Å²) >= 11 is 3.35. The second-order valence-corrected chi connectivity index (χ2v) is 6.58. The van der Waals surface area contributed by atoms with Gasteiger partial charge >= 0.3 is 0 Å². The number of fused-ring (bicyclic) bond motifs is 1. The maximum atomic E-state index is 12.8. The molecule has 2 atom stereocenters. The molecule has 98 valence electrons. The van der Waals surface area contributed by atoms with Crippen molar-refractivity contribution in [2.45, 2.75) is 11.8 Å². The maximum Gasteiger partial charge on any atom is 0.171 e. The molecule has 1 aliphatic carbocycles. The van der Waals surface area contributed by atoms with Crippen LogP contribution in [-0.4, -0.2) is 5.78 Å². The van der Waals surface area contributed by atoms with Crippen molar-refractivity contribution in [1.29, 1.82) is 0 Å². The molecule has 20 heavy (non-hydrogen) atoms. The lowest BCUT2D eigenvalue weighted by molar-refractivity contribution is 0.0968. The molecule has 0 bridgehead atoms. The SMILES string of the molecule is O=C1c2ccccc2[C@@H](c2ccsc2)[C@@H]1c1ccsc1. The fourth-order valence-electron chi connectivity index (χ4n) is 3.11. The van der Waals surface area contributed by atoms with Crippen molar-refractivity contribution < 1.29 is 4.79 Å². The molecule has 1 aromatic carbocycles. The van der Waals surface area contributed by atoms with Crippen molar-refractivity contribution in [1.82, 2.24) is 0 Å². The molecule has 0 unspecified atom stereocenters. The van der Waals surface area contributed by atoms with Gasteiger partial charge in [-0.1, -0.05) is 24.3 Å². The normalized spacial score (nSPS) is 21.1. The second kappa shape index (κ2) is 4.69. The summed E-state index contributed by atoms with van der Waals surface area (Å²) in [6.45, 7) is 0. The van der Waals surface area contributed by atoms with Crippen LogP contribution in [0.1, 0.15) is 38.9 Å². The molecular weight excluding hydrogens is 284 g/mol. The zero-order valence-electron chi connectivity index (χ0n) is 10.7. The van der Waals surface area contributed by atoms with Gasteiger partial charge < -0.3 is 0 Å². The third-order valence-electron chi connectivity index (χ3n) is 3.98. The van der Waals surface area contributed by atoms with E-state index < -0.39 is 0 Å². The topological polar surface area (TPSA) is 17.1 Å². The lowest BCUT2D eigenvalue weighted by Gasteiger charge is -2.17. The van der Waals surface area contributed by atoms with Crippen LogP contribution in [0.25, 0.3) is 0 Å². The average Bonchev–Trinajstić information content (AvgIpc) is 3.18. The van der Waals surface area contributed by atoms with Crippen molar-refractivity contribution in [3.63, 3.8) is 0 Å². The van der Waals surface area contributed by atoms with E-state index in [2.05, 4.69) is 39.7 Å². The molecule has 2 aromatic heterocycles. The Morgan fingerprint density at radius 3 is 2.10 bits per heavy atom. The number of hydrogen-bond acceptors (Lipinski definition) is 3. The predicted molar refractivity (Wildman–Crippen MR) is 84.0 cm³/mol. The zero-order chi connectivity index (χ0) is 13.5. The Hall–Kier alpha value is -1.71. The number of benzene rings is 1. The molecule has 3 aromatic rings. The Labute approximate surface area is 125 Å². The summed E-state index contributed by atoms with van der Waals surface area (Å²) in [5, 5.41) is 8.41. The minimum atomic E-state index is -0.0618. The first-order valence-electron chi connectivity index (χ1n) is 6.53. The molecule has 0 amide bonds. The highest BCUT2D eigenvalue weighted by Gasteiger charge is 2.41. The van der Waals surface area contributed by atoms with Gasteiger partial charge in [-0.2, -0.15) is 22.7 Å². The lowest BCUT2D eigenvalue weighted by atomic mass is 9.84. The molecule has 0 saturated heterocycles. The van der Waals surface area contributed by atoms with E-state index >= 15 is 0 Å².